The number of hydrogen-bond donors (Lipinski definition) is 1. The summed E-state index contributed by atoms with van der Waals surface area (Å²) < 4.78 is 0.915. The van der Waals surface area contributed by atoms with Gasteiger partial charge in [-0.1, -0.05) is 52.3 Å². The fourth-order valence-electron chi connectivity index (χ4n) is 3.14. The maximum Gasteiger partial charge on any atom is 0.253 e. The van der Waals surface area contributed by atoms with Gasteiger partial charge in [-0.15, -0.1) is 0 Å². The molecule has 2 aromatic carbocycles. The molecule has 1 unspecified atom stereocenters. The van der Waals surface area contributed by atoms with Crippen LogP contribution in [0.3, 0.4) is 0 Å². The highest BCUT2D eigenvalue weighted by Gasteiger charge is 2.28. The number of amides is 1. The molecule has 1 amide bonds. The van der Waals surface area contributed by atoms with Crippen molar-refractivity contribution in [1.29, 1.82) is 0 Å². The number of nitrogens with zero attached hydrogens (tertiary/aromatic N) is 1. The van der Waals surface area contributed by atoms with Crippen molar-refractivity contribution in [3.63, 3.8) is 0 Å². The number of aliphatic hydroxyl groups is 1. The lowest BCUT2D eigenvalue weighted by Gasteiger charge is -2.34. The van der Waals surface area contributed by atoms with Crippen molar-refractivity contribution in [2.45, 2.75) is 18.9 Å². The zero-order valence-corrected chi connectivity index (χ0v) is 14.4. The number of hydrogen-bond acceptors (Lipinski definition) is 2. The molecule has 1 atom stereocenters. The molecule has 1 heterocycles. The van der Waals surface area contributed by atoms with Gasteiger partial charge in [0.15, 0.2) is 0 Å². The van der Waals surface area contributed by atoms with Crippen LogP contribution in [0.2, 0.25) is 0 Å². The fraction of sp³-hybridized carbons (Fsp3) is 0.316. The second-order valence-electron chi connectivity index (χ2n) is 6.00. The molecule has 3 nitrogen and oxygen atoms in total. The van der Waals surface area contributed by atoms with Crippen LogP contribution in [-0.2, 0) is 0 Å². The van der Waals surface area contributed by atoms with Gasteiger partial charge in [0.1, 0.15) is 0 Å². The summed E-state index contributed by atoms with van der Waals surface area (Å²) in [6, 6.07) is 17.3. The number of rotatable bonds is 3. The standard InChI is InChI=1S/C19H20BrNO2/c20-17-8-4-7-16(13-17)19(23)21-11-9-15(10-12-21)18(22)14-5-2-1-3-6-14/h1-8,13,15,18,22H,9-12H2. The third-order valence-electron chi connectivity index (χ3n) is 4.49. The molecule has 1 N–H and O–H groups in total. The number of piperidine rings is 1. The quantitative estimate of drug-likeness (QED) is 0.881. The molecule has 1 saturated heterocycles. The molecular formula is C19H20BrNO2. The average Bonchev–Trinajstić information content (AvgIpc) is 2.61. The van der Waals surface area contributed by atoms with Crippen LogP contribution >= 0.6 is 15.9 Å². The van der Waals surface area contributed by atoms with E-state index in [4.69, 9.17) is 0 Å². The molecule has 4 heteroatoms. The highest BCUT2D eigenvalue weighted by atomic mass is 79.9. The zero-order valence-electron chi connectivity index (χ0n) is 12.9. The molecule has 0 bridgehead atoms. The van der Waals surface area contributed by atoms with E-state index in [0.717, 1.165) is 22.9 Å². The summed E-state index contributed by atoms with van der Waals surface area (Å²) in [6.45, 7) is 1.39. The van der Waals surface area contributed by atoms with Crippen molar-refractivity contribution in [3.8, 4) is 0 Å². The highest BCUT2D eigenvalue weighted by molar-refractivity contribution is 9.10. The minimum absolute atomic E-state index is 0.0685. The Bertz CT molecular complexity index is 666. The number of carbonyl (C=O) groups is 1. The van der Waals surface area contributed by atoms with Gasteiger partial charge in [-0.2, -0.15) is 0 Å². The van der Waals surface area contributed by atoms with Gasteiger partial charge in [-0.3, -0.25) is 4.79 Å². The number of likely N-dealkylation sites (tertiary alicyclic amines) is 1. The Balaban J connectivity index is 1.61. The third kappa shape index (κ3) is 3.82. The lowest BCUT2D eigenvalue weighted by molar-refractivity contribution is 0.0462. The summed E-state index contributed by atoms with van der Waals surface area (Å²) in [6.07, 6.45) is 1.21. The predicted octanol–water partition coefficient (Wildman–Crippen LogP) is 4.03. The van der Waals surface area contributed by atoms with Crippen LogP contribution < -0.4 is 0 Å². The van der Waals surface area contributed by atoms with Crippen LogP contribution in [-0.4, -0.2) is 29.0 Å². The van der Waals surface area contributed by atoms with Gasteiger partial charge in [-0.05, 0) is 42.5 Å². The number of carbonyl (C=O) groups excluding carboxylic acids is 1. The van der Waals surface area contributed by atoms with Crippen LogP contribution in [0.25, 0.3) is 0 Å². The fourth-order valence-corrected chi connectivity index (χ4v) is 3.54. The molecule has 0 saturated carbocycles. The van der Waals surface area contributed by atoms with Crippen LogP contribution in [0.5, 0.6) is 0 Å². The largest absolute Gasteiger partial charge is 0.388 e. The lowest BCUT2D eigenvalue weighted by Crippen LogP contribution is -2.39. The first kappa shape index (κ1) is 16.2. The molecule has 0 aliphatic carbocycles. The van der Waals surface area contributed by atoms with E-state index in [0.29, 0.717) is 18.7 Å². The van der Waals surface area contributed by atoms with Gasteiger partial charge in [0, 0.05) is 23.1 Å². The maximum absolute atomic E-state index is 12.5. The topological polar surface area (TPSA) is 40.5 Å². The van der Waals surface area contributed by atoms with Crippen molar-refractivity contribution in [2.24, 2.45) is 5.92 Å². The highest BCUT2D eigenvalue weighted by Crippen LogP contribution is 2.31. The Kier molecular flexibility index (Phi) is 5.13. The zero-order chi connectivity index (χ0) is 16.2. The molecule has 120 valence electrons. The summed E-state index contributed by atoms with van der Waals surface area (Å²) in [5, 5.41) is 10.5. The first-order valence-corrected chi connectivity index (χ1v) is 8.72. The predicted molar refractivity (Wildman–Crippen MR) is 94.2 cm³/mol. The minimum atomic E-state index is -0.445. The molecule has 1 aliphatic rings. The van der Waals surface area contributed by atoms with Crippen LogP contribution in [0.1, 0.15) is 34.9 Å². The third-order valence-corrected chi connectivity index (χ3v) is 4.98. The molecule has 2 aromatic rings. The van der Waals surface area contributed by atoms with Gasteiger partial charge < -0.3 is 10.0 Å². The Labute approximate surface area is 145 Å². The van der Waals surface area contributed by atoms with Crippen molar-refractivity contribution >= 4 is 21.8 Å². The van der Waals surface area contributed by atoms with Crippen LogP contribution in [0.15, 0.2) is 59.1 Å². The second-order valence-corrected chi connectivity index (χ2v) is 6.91. The number of aliphatic hydroxyl groups excluding tert-OH is 1. The van der Waals surface area contributed by atoms with Crippen molar-refractivity contribution in [3.05, 3.63) is 70.2 Å². The van der Waals surface area contributed by atoms with Crippen LogP contribution in [0, 0.1) is 5.92 Å². The SMILES string of the molecule is O=C(c1cccc(Br)c1)N1CCC(C(O)c2ccccc2)CC1. The van der Waals surface area contributed by atoms with E-state index in [1.807, 2.05) is 59.5 Å². The average molecular weight is 374 g/mol. The molecule has 0 aromatic heterocycles. The van der Waals surface area contributed by atoms with Crippen molar-refractivity contribution < 1.29 is 9.90 Å². The van der Waals surface area contributed by atoms with Crippen LogP contribution in [0.4, 0.5) is 0 Å². The lowest BCUT2D eigenvalue weighted by atomic mass is 9.87. The van der Waals surface area contributed by atoms with E-state index in [9.17, 15) is 9.90 Å². The van der Waals surface area contributed by atoms with E-state index < -0.39 is 6.10 Å². The van der Waals surface area contributed by atoms with E-state index >= 15 is 0 Å². The van der Waals surface area contributed by atoms with Gasteiger partial charge in [0.2, 0.25) is 0 Å². The Morgan fingerprint density at radius 2 is 1.78 bits per heavy atom. The Hall–Kier alpha value is -1.65. The summed E-state index contributed by atoms with van der Waals surface area (Å²) >= 11 is 3.41. The molecular weight excluding hydrogens is 354 g/mol. The van der Waals surface area contributed by atoms with Crippen molar-refractivity contribution in [2.75, 3.05) is 13.1 Å². The molecule has 3 rings (SSSR count). The number of benzene rings is 2. The summed E-state index contributed by atoms with van der Waals surface area (Å²) in [4.78, 5) is 14.4. The minimum Gasteiger partial charge on any atom is -0.388 e. The van der Waals surface area contributed by atoms with Gasteiger partial charge in [-0.25, -0.2) is 0 Å². The molecule has 1 aliphatic heterocycles. The van der Waals surface area contributed by atoms with E-state index in [-0.39, 0.29) is 11.8 Å². The Morgan fingerprint density at radius 1 is 1.09 bits per heavy atom. The summed E-state index contributed by atoms with van der Waals surface area (Å²) in [5.41, 5.74) is 1.67. The first-order chi connectivity index (χ1) is 11.1. The normalized spacial score (nSPS) is 17.0. The molecule has 1 fully saturated rings. The molecule has 23 heavy (non-hydrogen) atoms. The van der Waals surface area contributed by atoms with E-state index in [1.165, 1.54) is 0 Å². The monoisotopic (exact) mass is 373 g/mol. The van der Waals surface area contributed by atoms with E-state index in [1.54, 1.807) is 0 Å². The molecule has 0 spiro atoms. The molecule has 0 radical (unpaired) electrons. The second kappa shape index (κ2) is 7.28. The van der Waals surface area contributed by atoms with Gasteiger partial charge in [0.25, 0.3) is 5.91 Å². The first-order valence-electron chi connectivity index (χ1n) is 7.93. The summed E-state index contributed by atoms with van der Waals surface area (Å²) in [7, 11) is 0. The van der Waals surface area contributed by atoms with E-state index in [2.05, 4.69) is 15.9 Å². The van der Waals surface area contributed by atoms with Crippen molar-refractivity contribution in [1.82, 2.24) is 4.90 Å². The summed E-state index contributed by atoms with van der Waals surface area (Å²) in [5.74, 6) is 0.280. The maximum atomic E-state index is 12.5. The Morgan fingerprint density at radius 3 is 2.43 bits per heavy atom. The van der Waals surface area contributed by atoms with Gasteiger partial charge >= 0.3 is 0 Å². The smallest absolute Gasteiger partial charge is 0.253 e. The number of halogens is 1. The van der Waals surface area contributed by atoms with Gasteiger partial charge in [0.05, 0.1) is 6.10 Å².